The highest BCUT2D eigenvalue weighted by Crippen LogP contribution is 2.21. The number of unbranched alkanes of at least 4 members (excludes halogenated alkanes) is 24. The Morgan fingerprint density at radius 3 is 1.08 bits per heavy atom. The second-order valence-electron chi connectivity index (χ2n) is 11.9. The first kappa shape index (κ1) is 37.9. The van der Waals surface area contributed by atoms with Crippen LogP contribution >= 0.6 is 9.47 Å². The third-order valence-corrected chi connectivity index (χ3v) is 8.28. The van der Waals surface area contributed by atoms with Gasteiger partial charge in [-0.3, -0.25) is 0 Å². The minimum Gasteiger partial charge on any atom is -0.464 e. The van der Waals surface area contributed by atoms with Crippen molar-refractivity contribution in [1.29, 1.82) is 0 Å². The maximum Gasteiger partial charge on any atom is 0.332 e. The SMILES string of the molecule is CCCCCCCCCCCCCCCCC(CCCCCCCCCCCCCC)COC(=O)COP. The van der Waals surface area contributed by atoms with Gasteiger partial charge in [-0.1, -0.05) is 181 Å². The average Bonchev–Trinajstić information content (AvgIpc) is 2.92. The van der Waals surface area contributed by atoms with E-state index in [-0.39, 0.29) is 12.6 Å². The van der Waals surface area contributed by atoms with Crippen LogP contribution < -0.4 is 0 Å². The van der Waals surface area contributed by atoms with Crippen molar-refractivity contribution in [2.75, 3.05) is 13.2 Å². The summed E-state index contributed by atoms with van der Waals surface area (Å²) in [5.74, 6) is 0.282. The fourth-order valence-electron chi connectivity index (χ4n) is 5.53. The Kier molecular flexibility index (Phi) is 32.9. The molecule has 2 unspecified atom stereocenters. The molecule has 0 aromatic carbocycles. The Morgan fingerprint density at radius 2 is 0.789 bits per heavy atom. The van der Waals surface area contributed by atoms with Gasteiger partial charge in [0.1, 0.15) is 6.61 Å². The molecule has 0 N–H and O–H groups in total. The second kappa shape index (κ2) is 33.1. The minimum absolute atomic E-state index is 0.0366. The summed E-state index contributed by atoms with van der Waals surface area (Å²) in [6, 6.07) is 0. The zero-order valence-corrected chi connectivity index (χ0v) is 27.2. The van der Waals surface area contributed by atoms with Gasteiger partial charge in [-0.15, -0.1) is 0 Å². The van der Waals surface area contributed by atoms with Gasteiger partial charge < -0.3 is 9.26 Å². The highest BCUT2D eigenvalue weighted by atomic mass is 31.0. The Labute approximate surface area is 242 Å². The summed E-state index contributed by atoms with van der Waals surface area (Å²) in [7, 11) is 2.13. The van der Waals surface area contributed by atoms with Crippen LogP contribution in [0.1, 0.15) is 194 Å². The maximum absolute atomic E-state index is 11.8. The van der Waals surface area contributed by atoms with Gasteiger partial charge in [-0.05, 0) is 18.8 Å². The first-order chi connectivity index (χ1) is 18.7. The fraction of sp³-hybridized carbons (Fsp3) is 0.971. The van der Waals surface area contributed by atoms with Gasteiger partial charge in [0.2, 0.25) is 0 Å². The molecule has 2 atom stereocenters. The lowest BCUT2D eigenvalue weighted by molar-refractivity contribution is -0.147. The summed E-state index contributed by atoms with van der Waals surface area (Å²) in [6.07, 6.45) is 38.6. The minimum atomic E-state index is -0.236. The number of hydrogen-bond acceptors (Lipinski definition) is 3. The molecular formula is C34H69O3P. The molecule has 0 radical (unpaired) electrons. The van der Waals surface area contributed by atoms with E-state index in [4.69, 9.17) is 9.26 Å². The van der Waals surface area contributed by atoms with Crippen molar-refractivity contribution in [1.82, 2.24) is 0 Å². The van der Waals surface area contributed by atoms with Crippen molar-refractivity contribution >= 4 is 15.4 Å². The molecule has 0 aromatic heterocycles. The van der Waals surface area contributed by atoms with Crippen LogP contribution in [-0.4, -0.2) is 19.2 Å². The van der Waals surface area contributed by atoms with Gasteiger partial charge in [-0.2, -0.15) is 0 Å². The number of carbonyl (C=O) groups excluding carboxylic acids is 1. The van der Waals surface area contributed by atoms with Crippen molar-refractivity contribution in [3.8, 4) is 0 Å². The molecule has 0 aromatic rings. The summed E-state index contributed by atoms with van der Waals surface area (Å²) in [4.78, 5) is 11.8. The van der Waals surface area contributed by atoms with E-state index in [9.17, 15) is 4.79 Å². The lowest BCUT2D eigenvalue weighted by atomic mass is 9.94. The van der Waals surface area contributed by atoms with Gasteiger partial charge in [0.25, 0.3) is 0 Å². The Morgan fingerprint density at radius 1 is 0.500 bits per heavy atom. The number of rotatable bonds is 32. The Balaban J connectivity index is 3.76. The largest absolute Gasteiger partial charge is 0.464 e. The lowest BCUT2D eigenvalue weighted by Gasteiger charge is -2.17. The molecule has 3 nitrogen and oxygen atoms in total. The molecule has 0 heterocycles. The number of ether oxygens (including phenoxy) is 1. The van der Waals surface area contributed by atoms with Crippen molar-refractivity contribution in [3.05, 3.63) is 0 Å². The maximum atomic E-state index is 11.8. The molecule has 0 saturated carbocycles. The first-order valence-corrected chi connectivity index (χ1v) is 17.7. The highest BCUT2D eigenvalue weighted by molar-refractivity contribution is 7.09. The van der Waals surface area contributed by atoms with Gasteiger partial charge in [0.15, 0.2) is 0 Å². The van der Waals surface area contributed by atoms with Crippen LogP contribution in [0.2, 0.25) is 0 Å². The van der Waals surface area contributed by atoms with Crippen LogP contribution in [0, 0.1) is 5.92 Å². The van der Waals surface area contributed by atoms with Crippen LogP contribution in [-0.2, 0) is 14.1 Å². The molecule has 4 heteroatoms. The van der Waals surface area contributed by atoms with E-state index in [0.717, 1.165) is 0 Å². The molecule has 0 aliphatic rings. The summed E-state index contributed by atoms with van der Waals surface area (Å²) >= 11 is 0. The van der Waals surface area contributed by atoms with Crippen LogP contribution in [0.4, 0.5) is 0 Å². The number of esters is 1. The Hall–Kier alpha value is -0.140. The molecule has 0 spiro atoms. The molecule has 228 valence electrons. The van der Waals surface area contributed by atoms with Gasteiger partial charge in [0.05, 0.1) is 6.61 Å². The molecule has 0 aliphatic carbocycles. The van der Waals surface area contributed by atoms with Crippen molar-refractivity contribution in [3.63, 3.8) is 0 Å². The molecule has 0 aliphatic heterocycles. The monoisotopic (exact) mass is 556 g/mol. The quantitative estimate of drug-likeness (QED) is 0.0469. The summed E-state index contributed by atoms with van der Waals surface area (Å²) in [5.41, 5.74) is 0. The molecule has 38 heavy (non-hydrogen) atoms. The van der Waals surface area contributed by atoms with Crippen LogP contribution in [0.25, 0.3) is 0 Å². The summed E-state index contributed by atoms with van der Waals surface area (Å²) in [6.45, 7) is 5.19. The standard InChI is InChI=1S/C34H69O3P/c1-3-5-7-9-11-13-15-17-18-20-22-24-26-28-30-33(31-36-34(35)32-37-38)29-27-25-23-21-19-16-14-12-10-8-6-4-2/h33H,3-32,38H2,1-2H3. The van der Waals surface area contributed by atoms with E-state index in [1.54, 1.807) is 0 Å². The van der Waals surface area contributed by atoms with E-state index in [1.165, 1.54) is 180 Å². The Bertz CT molecular complexity index is 457. The molecular weight excluding hydrogens is 487 g/mol. The van der Waals surface area contributed by atoms with Gasteiger partial charge in [-0.25, -0.2) is 4.79 Å². The zero-order valence-electron chi connectivity index (χ0n) is 26.1. The van der Waals surface area contributed by atoms with Crippen molar-refractivity contribution in [2.24, 2.45) is 5.92 Å². The molecule has 0 rings (SSSR count). The topological polar surface area (TPSA) is 35.5 Å². The first-order valence-electron chi connectivity index (χ1n) is 17.2. The molecule has 0 amide bonds. The lowest BCUT2D eigenvalue weighted by Crippen LogP contribution is -2.17. The number of carbonyl (C=O) groups is 1. The van der Waals surface area contributed by atoms with E-state index in [1.807, 2.05) is 0 Å². The second-order valence-corrected chi connectivity index (χ2v) is 12.3. The van der Waals surface area contributed by atoms with E-state index in [2.05, 4.69) is 23.3 Å². The zero-order chi connectivity index (χ0) is 27.8. The normalized spacial score (nSPS) is 12.2. The fourth-order valence-corrected chi connectivity index (χ4v) is 5.67. The van der Waals surface area contributed by atoms with Gasteiger partial charge >= 0.3 is 5.97 Å². The predicted octanol–water partition coefficient (Wildman–Crippen LogP) is 11.9. The predicted molar refractivity (Wildman–Crippen MR) is 171 cm³/mol. The van der Waals surface area contributed by atoms with Crippen LogP contribution in [0.15, 0.2) is 0 Å². The molecule has 0 fully saturated rings. The summed E-state index contributed by atoms with van der Waals surface area (Å²) in [5, 5.41) is 0. The molecule has 0 saturated heterocycles. The van der Waals surface area contributed by atoms with Gasteiger partial charge in [0, 0.05) is 9.47 Å². The molecule has 0 bridgehead atoms. The third-order valence-electron chi connectivity index (χ3n) is 8.11. The number of hydrogen-bond donors (Lipinski definition) is 0. The third kappa shape index (κ3) is 30.4. The van der Waals surface area contributed by atoms with Crippen LogP contribution in [0.5, 0.6) is 0 Å². The van der Waals surface area contributed by atoms with E-state index >= 15 is 0 Å². The van der Waals surface area contributed by atoms with Crippen molar-refractivity contribution < 1.29 is 14.1 Å². The summed E-state index contributed by atoms with van der Waals surface area (Å²) < 4.78 is 10.3. The van der Waals surface area contributed by atoms with E-state index < -0.39 is 0 Å². The van der Waals surface area contributed by atoms with E-state index in [0.29, 0.717) is 12.5 Å². The van der Waals surface area contributed by atoms with Crippen LogP contribution in [0.3, 0.4) is 0 Å². The van der Waals surface area contributed by atoms with Crippen molar-refractivity contribution in [2.45, 2.75) is 194 Å². The smallest absolute Gasteiger partial charge is 0.332 e. The highest BCUT2D eigenvalue weighted by Gasteiger charge is 2.12. The average molecular weight is 557 g/mol.